The minimum absolute atomic E-state index is 0.484. The van der Waals surface area contributed by atoms with Gasteiger partial charge in [-0.2, -0.15) is 5.10 Å². The van der Waals surface area contributed by atoms with Crippen LogP contribution in [0.15, 0.2) is 12.4 Å². The average molecular weight is 234 g/mol. The third-order valence-electron chi connectivity index (χ3n) is 2.70. The summed E-state index contributed by atoms with van der Waals surface area (Å²) in [7, 11) is 0. The molecular formula is C11H18N6. The summed E-state index contributed by atoms with van der Waals surface area (Å²) in [6.07, 6.45) is 5.52. The lowest BCUT2D eigenvalue weighted by Crippen LogP contribution is -2.14. The second-order valence-corrected chi connectivity index (χ2v) is 3.98. The number of rotatable bonds is 4. The Morgan fingerprint density at radius 1 is 1.35 bits per heavy atom. The molecule has 0 aliphatic carbocycles. The van der Waals surface area contributed by atoms with Gasteiger partial charge in [-0.15, -0.1) is 0 Å². The molecule has 2 aromatic rings. The Labute approximate surface area is 100 Å². The van der Waals surface area contributed by atoms with Gasteiger partial charge < -0.3 is 11.6 Å². The Hall–Kier alpha value is -1.98. The maximum Gasteiger partial charge on any atom is 0.150 e. The van der Waals surface area contributed by atoms with Gasteiger partial charge in [-0.1, -0.05) is 13.8 Å². The molecular weight excluding hydrogens is 216 g/mol. The maximum atomic E-state index is 5.93. The minimum atomic E-state index is 0.484. The molecule has 92 valence electrons. The molecule has 2 aromatic heterocycles. The number of aromatic nitrogens is 4. The first-order valence-electron chi connectivity index (χ1n) is 5.82. The molecule has 0 spiro atoms. The second-order valence-electron chi connectivity index (χ2n) is 3.98. The monoisotopic (exact) mass is 234 g/mol. The second kappa shape index (κ2) is 4.48. The standard InChI is InChI=1S/C11H18N6/c1-3-5-16-7-8(6-14-16)10-11(12)17(13)9(4-2)15-10/h6-7H,3-5,12-13H2,1-2H3. The Balaban J connectivity index is 2.38. The van der Waals surface area contributed by atoms with Crippen molar-refractivity contribution in [1.29, 1.82) is 0 Å². The summed E-state index contributed by atoms with van der Waals surface area (Å²) >= 11 is 0. The third-order valence-corrected chi connectivity index (χ3v) is 2.70. The topological polar surface area (TPSA) is 87.7 Å². The van der Waals surface area contributed by atoms with E-state index in [1.807, 2.05) is 17.8 Å². The number of nitrogen functional groups attached to an aromatic ring is 2. The zero-order valence-electron chi connectivity index (χ0n) is 10.2. The molecule has 2 rings (SSSR count). The van der Waals surface area contributed by atoms with Crippen LogP contribution in [0.2, 0.25) is 0 Å². The van der Waals surface area contributed by atoms with Gasteiger partial charge in [0.1, 0.15) is 11.5 Å². The predicted octanol–water partition coefficient (Wildman–Crippen LogP) is 1.01. The molecule has 0 aromatic carbocycles. The number of imidazole rings is 1. The first-order chi connectivity index (χ1) is 8.17. The molecule has 0 bridgehead atoms. The Kier molecular flexibility index (Phi) is 3.03. The van der Waals surface area contributed by atoms with Crippen molar-refractivity contribution in [3.8, 4) is 11.3 Å². The highest BCUT2D eigenvalue weighted by molar-refractivity contribution is 5.69. The van der Waals surface area contributed by atoms with Gasteiger partial charge in [0.05, 0.1) is 6.20 Å². The lowest BCUT2D eigenvalue weighted by molar-refractivity contribution is 0.603. The molecule has 0 amide bonds. The van der Waals surface area contributed by atoms with Crippen molar-refractivity contribution in [2.45, 2.75) is 33.2 Å². The Morgan fingerprint density at radius 3 is 2.71 bits per heavy atom. The highest BCUT2D eigenvalue weighted by Crippen LogP contribution is 2.24. The molecule has 6 heteroatoms. The lowest BCUT2D eigenvalue weighted by atomic mass is 10.2. The van der Waals surface area contributed by atoms with Gasteiger partial charge in [-0.25, -0.2) is 9.66 Å². The summed E-state index contributed by atoms with van der Waals surface area (Å²) in [6.45, 7) is 5.00. The summed E-state index contributed by atoms with van der Waals surface area (Å²) < 4.78 is 3.32. The van der Waals surface area contributed by atoms with Crippen LogP contribution in [0.4, 0.5) is 5.82 Å². The molecule has 0 unspecified atom stereocenters. The van der Waals surface area contributed by atoms with Gasteiger partial charge >= 0.3 is 0 Å². The van der Waals surface area contributed by atoms with E-state index in [0.29, 0.717) is 11.5 Å². The van der Waals surface area contributed by atoms with Gasteiger partial charge in [0.2, 0.25) is 0 Å². The van der Waals surface area contributed by atoms with E-state index in [9.17, 15) is 0 Å². The van der Waals surface area contributed by atoms with E-state index in [0.717, 1.165) is 30.8 Å². The molecule has 2 heterocycles. The summed E-state index contributed by atoms with van der Waals surface area (Å²) in [6, 6.07) is 0. The molecule has 6 nitrogen and oxygen atoms in total. The largest absolute Gasteiger partial charge is 0.382 e. The molecule has 0 aliphatic rings. The van der Waals surface area contributed by atoms with Crippen molar-refractivity contribution in [3.05, 3.63) is 18.2 Å². The molecule has 17 heavy (non-hydrogen) atoms. The zero-order valence-corrected chi connectivity index (χ0v) is 10.2. The molecule has 4 N–H and O–H groups in total. The smallest absolute Gasteiger partial charge is 0.150 e. The van der Waals surface area contributed by atoms with Crippen molar-refractivity contribution < 1.29 is 0 Å². The number of aryl methyl sites for hydroxylation is 2. The molecule has 0 radical (unpaired) electrons. The first-order valence-corrected chi connectivity index (χ1v) is 5.82. The number of nitrogens with two attached hydrogens (primary N) is 2. The van der Waals surface area contributed by atoms with Crippen LogP contribution in [0.3, 0.4) is 0 Å². The number of hydrogen-bond donors (Lipinski definition) is 2. The van der Waals surface area contributed by atoms with E-state index >= 15 is 0 Å². The minimum Gasteiger partial charge on any atom is -0.382 e. The van der Waals surface area contributed by atoms with Crippen LogP contribution in [0.5, 0.6) is 0 Å². The van der Waals surface area contributed by atoms with Crippen LogP contribution in [-0.2, 0) is 13.0 Å². The quantitative estimate of drug-likeness (QED) is 0.773. The van der Waals surface area contributed by atoms with Gasteiger partial charge in [-0.05, 0) is 6.42 Å². The summed E-state index contributed by atoms with van der Waals surface area (Å²) in [5, 5.41) is 4.26. The predicted molar refractivity (Wildman–Crippen MR) is 67.7 cm³/mol. The number of nitrogens with zero attached hydrogens (tertiary/aromatic N) is 4. The third kappa shape index (κ3) is 1.98. The molecule has 0 fully saturated rings. The molecule has 0 aliphatic heterocycles. The van der Waals surface area contributed by atoms with Crippen LogP contribution in [-0.4, -0.2) is 19.4 Å². The van der Waals surface area contributed by atoms with Crippen LogP contribution in [0.1, 0.15) is 26.1 Å². The van der Waals surface area contributed by atoms with E-state index in [1.165, 1.54) is 4.68 Å². The van der Waals surface area contributed by atoms with E-state index < -0.39 is 0 Å². The highest BCUT2D eigenvalue weighted by atomic mass is 15.4. The number of anilines is 1. The van der Waals surface area contributed by atoms with Crippen molar-refractivity contribution in [2.24, 2.45) is 0 Å². The maximum absolute atomic E-state index is 5.93. The van der Waals surface area contributed by atoms with Gasteiger partial charge in [-0.3, -0.25) is 4.68 Å². The zero-order chi connectivity index (χ0) is 12.4. The van der Waals surface area contributed by atoms with Crippen molar-refractivity contribution in [2.75, 3.05) is 11.6 Å². The normalized spacial score (nSPS) is 10.9. The van der Waals surface area contributed by atoms with Crippen molar-refractivity contribution in [1.82, 2.24) is 19.4 Å². The average Bonchev–Trinajstić information content (AvgIpc) is 2.87. The first kappa shape index (κ1) is 11.5. The SMILES string of the molecule is CCCn1cc(-c2nc(CC)n(N)c2N)cn1. The fourth-order valence-electron chi connectivity index (χ4n) is 1.79. The summed E-state index contributed by atoms with van der Waals surface area (Å²) in [4.78, 5) is 4.43. The fraction of sp³-hybridized carbons (Fsp3) is 0.455. The summed E-state index contributed by atoms with van der Waals surface area (Å²) in [5.74, 6) is 7.08. The van der Waals surface area contributed by atoms with Crippen molar-refractivity contribution >= 4 is 5.82 Å². The van der Waals surface area contributed by atoms with Gasteiger partial charge in [0.15, 0.2) is 5.82 Å². The van der Waals surface area contributed by atoms with Crippen LogP contribution in [0, 0.1) is 0 Å². The van der Waals surface area contributed by atoms with E-state index in [-0.39, 0.29) is 0 Å². The highest BCUT2D eigenvalue weighted by Gasteiger charge is 2.14. The van der Waals surface area contributed by atoms with Gasteiger partial charge in [0, 0.05) is 24.7 Å². The Morgan fingerprint density at radius 2 is 2.12 bits per heavy atom. The van der Waals surface area contributed by atoms with E-state index in [2.05, 4.69) is 17.0 Å². The van der Waals surface area contributed by atoms with E-state index in [4.69, 9.17) is 11.6 Å². The van der Waals surface area contributed by atoms with Gasteiger partial charge in [0.25, 0.3) is 0 Å². The number of hydrogen-bond acceptors (Lipinski definition) is 4. The summed E-state index contributed by atoms with van der Waals surface area (Å²) in [5.41, 5.74) is 7.56. The van der Waals surface area contributed by atoms with E-state index in [1.54, 1.807) is 6.20 Å². The van der Waals surface area contributed by atoms with Crippen molar-refractivity contribution in [3.63, 3.8) is 0 Å². The fourth-order valence-corrected chi connectivity index (χ4v) is 1.79. The molecule has 0 saturated heterocycles. The molecule has 0 saturated carbocycles. The van der Waals surface area contributed by atoms with Crippen LogP contribution < -0.4 is 11.6 Å². The Bertz CT molecular complexity index is 510. The molecule has 0 atom stereocenters. The lowest BCUT2D eigenvalue weighted by Gasteiger charge is -1.98. The van der Waals surface area contributed by atoms with Crippen LogP contribution >= 0.6 is 0 Å². The van der Waals surface area contributed by atoms with Crippen LogP contribution in [0.25, 0.3) is 11.3 Å².